The molecule has 1 fully saturated rings. The molecule has 0 saturated carbocycles. The van der Waals surface area contributed by atoms with Gasteiger partial charge >= 0.3 is 0 Å². The van der Waals surface area contributed by atoms with Crippen molar-refractivity contribution in [3.05, 3.63) is 30.3 Å². The van der Waals surface area contributed by atoms with Crippen molar-refractivity contribution in [3.8, 4) is 0 Å². The topological polar surface area (TPSA) is 37.4 Å². The highest BCUT2D eigenvalue weighted by atomic mass is 32.2. The highest BCUT2D eigenvalue weighted by Gasteiger charge is 2.38. The predicted molar refractivity (Wildman–Crippen MR) is 119 cm³/mol. The molecule has 2 amide bonds. The van der Waals surface area contributed by atoms with Crippen molar-refractivity contribution < 1.29 is 9.59 Å². The second kappa shape index (κ2) is 13.8. The van der Waals surface area contributed by atoms with Crippen LogP contribution < -0.4 is 0 Å². The smallest absolute Gasteiger partial charge is 0.243 e. The van der Waals surface area contributed by atoms with Gasteiger partial charge in [-0.15, -0.1) is 11.8 Å². The second-order valence-corrected chi connectivity index (χ2v) is 9.17. The van der Waals surface area contributed by atoms with Gasteiger partial charge in [0.25, 0.3) is 0 Å². The number of rotatable bonds is 15. The maximum atomic E-state index is 12.5. The number of likely N-dealkylation sites (tertiary alicyclic amines) is 1. The maximum absolute atomic E-state index is 12.5. The van der Waals surface area contributed by atoms with Crippen LogP contribution in [0.5, 0.6) is 0 Å². The number of imide groups is 1. The summed E-state index contributed by atoms with van der Waals surface area (Å²) in [6.45, 7) is 2.86. The molecule has 156 valence electrons. The zero-order valence-corrected chi connectivity index (χ0v) is 18.4. The van der Waals surface area contributed by atoms with E-state index in [0.717, 1.165) is 17.7 Å². The van der Waals surface area contributed by atoms with Crippen LogP contribution in [-0.2, 0) is 9.59 Å². The lowest BCUT2D eigenvalue weighted by atomic mass is 10.1. The number of amides is 2. The standard InChI is InChI=1S/C24H37NO2S/c1-2-3-4-5-6-7-8-9-10-11-12-16-19-25-23(26)20-22(24(25)27)28-21-17-14-13-15-18-21/h13-15,17-18,22H,2-12,16,19-20H2,1H3. The minimum Gasteiger partial charge on any atom is -0.282 e. The van der Waals surface area contributed by atoms with Gasteiger partial charge in [0.15, 0.2) is 0 Å². The molecule has 0 aromatic heterocycles. The second-order valence-electron chi connectivity index (χ2n) is 7.90. The molecular formula is C24H37NO2S. The first kappa shape index (κ1) is 23.0. The van der Waals surface area contributed by atoms with Gasteiger partial charge in [-0.05, 0) is 18.6 Å². The molecule has 1 unspecified atom stereocenters. The first-order valence-corrected chi connectivity index (χ1v) is 12.2. The zero-order chi connectivity index (χ0) is 20.0. The quantitative estimate of drug-likeness (QED) is 0.244. The average Bonchev–Trinajstić information content (AvgIpc) is 2.96. The molecule has 0 bridgehead atoms. The van der Waals surface area contributed by atoms with Gasteiger partial charge in [0, 0.05) is 17.9 Å². The molecule has 4 heteroatoms. The third-order valence-corrected chi connectivity index (χ3v) is 6.66. The van der Waals surface area contributed by atoms with Gasteiger partial charge in [-0.25, -0.2) is 0 Å². The molecular weight excluding hydrogens is 366 g/mol. The molecule has 1 heterocycles. The van der Waals surface area contributed by atoms with E-state index in [4.69, 9.17) is 0 Å². The van der Waals surface area contributed by atoms with Crippen LogP contribution in [0.2, 0.25) is 0 Å². The minimum absolute atomic E-state index is 0.00139. The van der Waals surface area contributed by atoms with Gasteiger partial charge in [0.05, 0.1) is 5.25 Å². The lowest BCUT2D eigenvalue weighted by Crippen LogP contribution is -2.32. The van der Waals surface area contributed by atoms with Crippen LogP contribution in [-0.4, -0.2) is 28.5 Å². The number of carbonyl (C=O) groups is 2. The normalized spacial score (nSPS) is 16.9. The lowest BCUT2D eigenvalue weighted by Gasteiger charge is -2.14. The van der Waals surface area contributed by atoms with Crippen molar-refractivity contribution >= 4 is 23.6 Å². The fourth-order valence-corrected chi connectivity index (χ4v) is 4.85. The van der Waals surface area contributed by atoms with Crippen molar-refractivity contribution in [2.45, 2.75) is 101 Å². The van der Waals surface area contributed by atoms with Gasteiger partial charge in [-0.2, -0.15) is 0 Å². The molecule has 1 atom stereocenters. The summed E-state index contributed by atoms with van der Waals surface area (Å²) in [5.74, 6) is 0.00318. The summed E-state index contributed by atoms with van der Waals surface area (Å²) in [7, 11) is 0. The first-order chi connectivity index (χ1) is 13.7. The SMILES string of the molecule is CCCCCCCCCCCCCCN1C(=O)CC(Sc2ccccc2)C1=O. The molecule has 3 nitrogen and oxygen atoms in total. The van der Waals surface area contributed by atoms with E-state index in [1.165, 1.54) is 80.9 Å². The summed E-state index contributed by atoms with van der Waals surface area (Å²) in [6, 6.07) is 9.89. The van der Waals surface area contributed by atoms with Gasteiger partial charge < -0.3 is 0 Å². The van der Waals surface area contributed by atoms with Crippen molar-refractivity contribution in [3.63, 3.8) is 0 Å². The highest BCUT2D eigenvalue weighted by Crippen LogP contribution is 2.31. The largest absolute Gasteiger partial charge is 0.282 e. The summed E-state index contributed by atoms with van der Waals surface area (Å²) in [5, 5.41) is -0.243. The Morgan fingerprint density at radius 2 is 1.36 bits per heavy atom. The van der Waals surface area contributed by atoms with E-state index >= 15 is 0 Å². The number of thioether (sulfide) groups is 1. The Morgan fingerprint density at radius 1 is 0.821 bits per heavy atom. The Kier molecular flexibility index (Phi) is 11.3. The van der Waals surface area contributed by atoms with Gasteiger partial charge in [-0.3, -0.25) is 14.5 Å². The summed E-state index contributed by atoms with van der Waals surface area (Å²) in [5.41, 5.74) is 0. The number of hydrogen-bond acceptors (Lipinski definition) is 3. The Balaban J connectivity index is 1.51. The van der Waals surface area contributed by atoms with E-state index in [1.807, 2.05) is 30.3 Å². The Labute approximate surface area is 175 Å². The molecule has 1 saturated heterocycles. The summed E-state index contributed by atoms with van der Waals surface area (Å²) >= 11 is 1.52. The van der Waals surface area contributed by atoms with Crippen LogP contribution in [0, 0.1) is 0 Å². The molecule has 1 aromatic carbocycles. The number of unbranched alkanes of at least 4 members (excludes halogenated alkanes) is 11. The van der Waals surface area contributed by atoms with Gasteiger partial charge in [0.1, 0.15) is 0 Å². The Bertz CT molecular complexity index is 575. The van der Waals surface area contributed by atoms with Crippen LogP contribution in [0.15, 0.2) is 35.2 Å². The van der Waals surface area contributed by atoms with Crippen molar-refractivity contribution in [1.29, 1.82) is 0 Å². The monoisotopic (exact) mass is 403 g/mol. The van der Waals surface area contributed by atoms with E-state index < -0.39 is 0 Å². The average molecular weight is 404 g/mol. The molecule has 28 heavy (non-hydrogen) atoms. The van der Waals surface area contributed by atoms with E-state index in [1.54, 1.807) is 0 Å². The third kappa shape index (κ3) is 8.38. The fraction of sp³-hybridized carbons (Fsp3) is 0.667. The van der Waals surface area contributed by atoms with Crippen molar-refractivity contribution in [2.75, 3.05) is 6.54 Å². The van der Waals surface area contributed by atoms with Crippen LogP contribution in [0.3, 0.4) is 0 Å². The third-order valence-electron chi connectivity index (χ3n) is 5.46. The summed E-state index contributed by atoms with van der Waals surface area (Å²) in [4.78, 5) is 27.3. The van der Waals surface area contributed by atoms with E-state index in [9.17, 15) is 9.59 Å². The van der Waals surface area contributed by atoms with Crippen LogP contribution in [0.4, 0.5) is 0 Å². The zero-order valence-electron chi connectivity index (χ0n) is 17.5. The Morgan fingerprint density at radius 3 is 1.93 bits per heavy atom. The maximum Gasteiger partial charge on any atom is 0.243 e. The van der Waals surface area contributed by atoms with Gasteiger partial charge in [-0.1, -0.05) is 95.8 Å². The van der Waals surface area contributed by atoms with Crippen molar-refractivity contribution in [1.82, 2.24) is 4.90 Å². The number of nitrogens with zero attached hydrogens (tertiary/aromatic N) is 1. The van der Waals surface area contributed by atoms with Crippen LogP contribution in [0.25, 0.3) is 0 Å². The van der Waals surface area contributed by atoms with Crippen LogP contribution >= 0.6 is 11.8 Å². The molecule has 0 spiro atoms. The first-order valence-electron chi connectivity index (χ1n) is 11.3. The molecule has 0 radical (unpaired) electrons. The molecule has 0 aliphatic carbocycles. The molecule has 1 aromatic rings. The number of carbonyl (C=O) groups excluding carboxylic acids is 2. The lowest BCUT2D eigenvalue weighted by molar-refractivity contribution is -0.138. The van der Waals surface area contributed by atoms with Crippen LogP contribution in [0.1, 0.15) is 90.4 Å². The molecule has 1 aliphatic heterocycles. The molecule has 2 rings (SSSR count). The minimum atomic E-state index is -0.243. The molecule has 0 N–H and O–H groups in total. The van der Waals surface area contributed by atoms with E-state index in [-0.39, 0.29) is 17.1 Å². The fourth-order valence-electron chi connectivity index (χ4n) is 3.75. The number of hydrogen-bond donors (Lipinski definition) is 0. The number of benzene rings is 1. The predicted octanol–water partition coefficient (Wildman–Crippen LogP) is 6.61. The summed E-state index contributed by atoms with van der Waals surface area (Å²) < 4.78 is 0. The van der Waals surface area contributed by atoms with Gasteiger partial charge in [0.2, 0.25) is 11.8 Å². The molecule has 1 aliphatic rings. The van der Waals surface area contributed by atoms with E-state index in [0.29, 0.717) is 13.0 Å². The van der Waals surface area contributed by atoms with Crippen molar-refractivity contribution in [2.24, 2.45) is 0 Å². The van der Waals surface area contributed by atoms with E-state index in [2.05, 4.69) is 6.92 Å². The highest BCUT2D eigenvalue weighted by molar-refractivity contribution is 8.00. The summed E-state index contributed by atoms with van der Waals surface area (Å²) in [6.07, 6.45) is 15.8. The Hall–Kier alpha value is -1.29.